The molecule has 0 fully saturated rings. The first-order valence-corrected chi connectivity index (χ1v) is 9.44. The molecule has 1 aliphatic heterocycles. The number of nitrogens with zero attached hydrogens (tertiary/aromatic N) is 1. The molecule has 1 amide bonds. The molecule has 2 aromatic carbocycles. The second-order valence-corrected chi connectivity index (χ2v) is 7.62. The summed E-state index contributed by atoms with van der Waals surface area (Å²) in [6, 6.07) is 12.2. The van der Waals surface area contributed by atoms with E-state index < -0.39 is 0 Å². The number of aryl methyl sites for hydroxylation is 2. The van der Waals surface area contributed by atoms with Crippen molar-refractivity contribution in [2.45, 2.75) is 25.2 Å². The van der Waals surface area contributed by atoms with Gasteiger partial charge in [0, 0.05) is 11.4 Å². The fourth-order valence-electron chi connectivity index (χ4n) is 2.99. The normalized spacial score (nSPS) is 14.0. The minimum absolute atomic E-state index is 0.0365. The van der Waals surface area contributed by atoms with E-state index in [1.807, 2.05) is 49.9 Å². The van der Waals surface area contributed by atoms with Crippen LogP contribution in [0.2, 0.25) is 5.02 Å². The predicted molar refractivity (Wildman–Crippen MR) is 104 cm³/mol. The zero-order valence-electron chi connectivity index (χ0n) is 13.9. The van der Waals surface area contributed by atoms with Crippen LogP contribution in [-0.4, -0.2) is 24.7 Å². The van der Waals surface area contributed by atoms with E-state index in [-0.39, 0.29) is 5.91 Å². The van der Waals surface area contributed by atoms with Crippen LogP contribution in [0, 0.1) is 13.8 Å². The lowest BCUT2D eigenvalue weighted by molar-refractivity contribution is -0.115. The topological polar surface area (TPSA) is 32.3 Å². The van der Waals surface area contributed by atoms with Crippen LogP contribution in [0.3, 0.4) is 0 Å². The van der Waals surface area contributed by atoms with Crippen molar-refractivity contribution >= 4 is 40.6 Å². The molecule has 0 bridgehead atoms. The number of amides is 1. The van der Waals surface area contributed by atoms with Crippen LogP contribution in [0.15, 0.2) is 41.3 Å². The van der Waals surface area contributed by atoms with E-state index in [1.54, 1.807) is 0 Å². The van der Waals surface area contributed by atoms with Gasteiger partial charge in [-0.05, 0) is 55.3 Å². The van der Waals surface area contributed by atoms with Gasteiger partial charge in [-0.15, -0.1) is 11.8 Å². The highest BCUT2D eigenvalue weighted by Crippen LogP contribution is 2.33. The van der Waals surface area contributed by atoms with Gasteiger partial charge in [0.15, 0.2) is 0 Å². The van der Waals surface area contributed by atoms with Gasteiger partial charge in [-0.1, -0.05) is 29.8 Å². The second-order valence-electron chi connectivity index (χ2n) is 6.08. The largest absolute Gasteiger partial charge is 0.361 e. The molecule has 0 spiro atoms. The highest BCUT2D eigenvalue weighted by molar-refractivity contribution is 7.99. The average molecular weight is 361 g/mol. The highest BCUT2D eigenvalue weighted by Gasteiger charge is 2.18. The molecule has 24 heavy (non-hydrogen) atoms. The summed E-state index contributed by atoms with van der Waals surface area (Å²) in [5.74, 6) is 1.04. The summed E-state index contributed by atoms with van der Waals surface area (Å²) in [5, 5.41) is 3.58. The Bertz CT molecular complexity index is 740. The molecule has 2 aromatic rings. The first-order chi connectivity index (χ1) is 11.5. The number of nitrogens with one attached hydrogen (secondary N) is 1. The van der Waals surface area contributed by atoms with Gasteiger partial charge in [-0.2, -0.15) is 0 Å². The number of para-hydroxylation sites is 1. The molecule has 5 heteroatoms. The van der Waals surface area contributed by atoms with E-state index >= 15 is 0 Å². The molecule has 1 N–H and O–H groups in total. The van der Waals surface area contributed by atoms with Gasteiger partial charge in [0.05, 0.1) is 22.9 Å². The van der Waals surface area contributed by atoms with Crippen molar-refractivity contribution in [3.05, 3.63) is 52.5 Å². The van der Waals surface area contributed by atoms with E-state index in [0.29, 0.717) is 17.3 Å². The molecule has 1 aliphatic rings. The molecule has 0 unspecified atom stereocenters. The Labute approximate surface area is 152 Å². The van der Waals surface area contributed by atoms with Crippen molar-refractivity contribution in [1.29, 1.82) is 0 Å². The minimum Gasteiger partial charge on any atom is -0.361 e. The van der Waals surface area contributed by atoms with Gasteiger partial charge in [0.2, 0.25) is 5.91 Å². The highest BCUT2D eigenvalue weighted by atomic mass is 35.5. The van der Waals surface area contributed by atoms with Gasteiger partial charge in [0.25, 0.3) is 0 Å². The summed E-state index contributed by atoms with van der Waals surface area (Å²) in [6.07, 6.45) is 1.07. The molecule has 3 rings (SSSR count). The predicted octanol–water partition coefficient (Wildman–Crippen LogP) is 4.90. The Hall–Kier alpha value is -1.65. The number of halogens is 1. The SMILES string of the molecule is Cc1cc(C)c(NC(=O)CN2CCCSc3ccccc32)c(Cl)c1. The standard InChI is InChI=1S/C19H21ClN2OS/c1-13-10-14(2)19(15(20)11-13)21-18(23)12-22-8-5-9-24-17-7-4-3-6-16(17)22/h3-4,6-7,10-11H,5,8-9,12H2,1-2H3,(H,21,23). The van der Waals surface area contributed by atoms with Gasteiger partial charge >= 0.3 is 0 Å². The zero-order valence-corrected chi connectivity index (χ0v) is 15.5. The van der Waals surface area contributed by atoms with E-state index in [9.17, 15) is 4.79 Å². The van der Waals surface area contributed by atoms with Gasteiger partial charge < -0.3 is 10.2 Å². The fourth-order valence-corrected chi connectivity index (χ4v) is 4.37. The molecule has 0 atom stereocenters. The molecule has 1 heterocycles. The lowest BCUT2D eigenvalue weighted by atomic mass is 10.1. The summed E-state index contributed by atoms with van der Waals surface area (Å²) in [5.41, 5.74) is 3.93. The van der Waals surface area contributed by atoms with Crippen LogP contribution >= 0.6 is 23.4 Å². The second kappa shape index (κ2) is 7.49. The third kappa shape index (κ3) is 3.87. The summed E-state index contributed by atoms with van der Waals surface area (Å²) in [6.45, 7) is 5.18. The number of benzene rings is 2. The average Bonchev–Trinajstić information content (AvgIpc) is 2.73. The van der Waals surface area contributed by atoms with E-state index in [0.717, 1.165) is 35.5 Å². The summed E-state index contributed by atoms with van der Waals surface area (Å²) in [7, 11) is 0. The van der Waals surface area contributed by atoms with Crippen LogP contribution in [0.25, 0.3) is 0 Å². The number of anilines is 2. The maximum absolute atomic E-state index is 12.6. The number of hydrogen-bond donors (Lipinski definition) is 1. The number of thioether (sulfide) groups is 1. The summed E-state index contributed by atoms with van der Waals surface area (Å²) < 4.78 is 0. The number of carbonyl (C=O) groups is 1. The summed E-state index contributed by atoms with van der Waals surface area (Å²) >= 11 is 8.15. The molecule has 126 valence electrons. The van der Waals surface area contributed by atoms with Crippen LogP contribution < -0.4 is 10.2 Å². The first-order valence-electron chi connectivity index (χ1n) is 8.08. The maximum Gasteiger partial charge on any atom is 0.243 e. The quantitative estimate of drug-likeness (QED) is 0.845. The van der Waals surface area contributed by atoms with Crippen molar-refractivity contribution in [3.63, 3.8) is 0 Å². The van der Waals surface area contributed by atoms with Crippen LogP contribution in [0.5, 0.6) is 0 Å². The van der Waals surface area contributed by atoms with Crippen LogP contribution in [-0.2, 0) is 4.79 Å². The lowest BCUT2D eigenvalue weighted by Gasteiger charge is -2.24. The number of carbonyl (C=O) groups excluding carboxylic acids is 1. The lowest BCUT2D eigenvalue weighted by Crippen LogP contribution is -2.34. The van der Waals surface area contributed by atoms with E-state index in [4.69, 9.17) is 11.6 Å². The van der Waals surface area contributed by atoms with Crippen LogP contribution in [0.1, 0.15) is 17.5 Å². The van der Waals surface area contributed by atoms with E-state index in [1.165, 1.54) is 4.90 Å². The Kier molecular flexibility index (Phi) is 5.36. The third-order valence-corrected chi connectivity index (χ3v) is 5.51. The monoisotopic (exact) mass is 360 g/mol. The van der Waals surface area contributed by atoms with Gasteiger partial charge in [0.1, 0.15) is 0 Å². The van der Waals surface area contributed by atoms with Crippen molar-refractivity contribution in [2.75, 3.05) is 29.1 Å². The minimum atomic E-state index is -0.0365. The van der Waals surface area contributed by atoms with Gasteiger partial charge in [-0.3, -0.25) is 4.79 Å². The Morgan fingerprint density at radius 3 is 2.88 bits per heavy atom. The number of fused-ring (bicyclic) bond motifs is 1. The maximum atomic E-state index is 12.6. The smallest absolute Gasteiger partial charge is 0.243 e. The molecule has 0 saturated carbocycles. The molecule has 0 radical (unpaired) electrons. The molecule has 0 saturated heterocycles. The number of hydrogen-bond acceptors (Lipinski definition) is 3. The molecule has 0 aromatic heterocycles. The number of rotatable bonds is 3. The first kappa shape index (κ1) is 17.2. The van der Waals surface area contributed by atoms with Crippen LogP contribution in [0.4, 0.5) is 11.4 Å². The third-order valence-electron chi connectivity index (χ3n) is 4.07. The molecular weight excluding hydrogens is 340 g/mol. The fraction of sp³-hybridized carbons (Fsp3) is 0.316. The van der Waals surface area contributed by atoms with E-state index in [2.05, 4.69) is 22.3 Å². The van der Waals surface area contributed by atoms with Gasteiger partial charge in [-0.25, -0.2) is 0 Å². The van der Waals surface area contributed by atoms with Crippen molar-refractivity contribution in [3.8, 4) is 0 Å². The molecular formula is C19H21ClN2OS. The Morgan fingerprint density at radius 2 is 2.08 bits per heavy atom. The Morgan fingerprint density at radius 1 is 1.29 bits per heavy atom. The van der Waals surface area contributed by atoms with Crippen molar-refractivity contribution in [2.24, 2.45) is 0 Å². The molecule has 0 aliphatic carbocycles. The zero-order chi connectivity index (χ0) is 17.1. The van der Waals surface area contributed by atoms with Crippen molar-refractivity contribution < 1.29 is 4.79 Å². The summed E-state index contributed by atoms with van der Waals surface area (Å²) in [4.78, 5) is 16.0. The Balaban J connectivity index is 1.76. The van der Waals surface area contributed by atoms with Crippen molar-refractivity contribution in [1.82, 2.24) is 0 Å². The molecule has 3 nitrogen and oxygen atoms in total.